The van der Waals surface area contributed by atoms with E-state index in [1.54, 1.807) is 6.20 Å². The zero-order valence-electron chi connectivity index (χ0n) is 12.3. The lowest BCUT2D eigenvalue weighted by Crippen LogP contribution is -2.36. The number of aromatic nitrogens is 1. The molecule has 2 heterocycles. The monoisotopic (exact) mass is 382 g/mol. The van der Waals surface area contributed by atoms with E-state index in [4.69, 9.17) is 16.3 Å². The summed E-state index contributed by atoms with van der Waals surface area (Å²) in [6.45, 7) is 4.50. The lowest BCUT2D eigenvalue weighted by molar-refractivity contribution is -0.124. The fraction of sp³-hybridized carbons (Fsp3) is 0.375. The van der Waals surface area contributed by atoms with E-state index in [9.17, 15) is 4.79 Å². The molecule has 1 atom stereocenters. The van der Waals surface area contributed by atoms with Crippen molar-refractivity contribution in [1.29, 1.82) is 0 Å². The lowest BCUT2D eigenvalue weighted by Gasteiger charge is -2.24. The smallest absolute Gasteiger partial charge is 0.231 e. The number of rotatable bonds is 2. The molecule has 1 unspecified atom stereocenters. The standard InChI is InChI=1S/C16H16BrClN2O2/c1-16(2)11(3-4-22-16)15(21)20-14-7-9-5-12(17)13(18)6-10(9)8-19-14/h5-8,11H,3-4H2,1-2H3,(H,19,20,21). The van der Waals surface area contributed by atoms with Crippen molar-refractivity contribution in [3.8, 4) is 0 Å². The Morgan fingerprint density at radius 1 is 1.41 bits per heavy atom. The second kappa shape index (κ2) is 5.80. The number of hydrogen-bond acceptors (Lipinski definition) is 3. The number of amides is 1. The first kappa shape index (κ1) is 15.7. The van der Waals surface area contributed by atoms with Crippen molar-refractivity contribution in [3.05, 3.63) is 33.9 Å². The van der Waals surface area contributed by atoms with Crippen molar-refractivity contribution in [3.63, 3.8) is 0 Å². The fourth-order valence-corrected chi connectivity index (χ4v) is 3.29. The molecule has 6 heteroatoms. The van der Waals surface area contributed by atoms with Crippen LogP contribution >= 0.6 is 27.5 Å². The average Bonchev–Trinajstić information content (AvgIpc) is 2.80. The molecule has 0 radical (unpaired) electrons. The number of ether oxygens (including phenoxy) is 1. The van der Waals surface area contributed by atoms with Gasteiger partial charge in [-0.05, 0) is 59.8 Å². The van der Waals surface area contributed by atoms with Crippen LogP contribution in [0, 0.1) is 5.92 Å². The van der Waals surface area contributed by atoms with Gasteiger partial charge in [0.1, 0.15) is 5.82 Å². The first-order valence-electron chi connectivity index (χ1n) is 7.06. The molecule has 116 valence electrons. The minimum Gasteiger partial charge on any atom is -0.375 e. The van der Waals surface area contributed by atoms with E-state index in [0.717, 1.165) is 21.7 Å². The third-order valence-corrected chi connectivity index (χ3v) is 5.25. The quantitative estimate of drug-likeness (QED) is 0.836. The summed E-state index contributed by atoms with van der Waals surface area (Å²) in [5.41, 5.74) is -0.433. The van der Waals surface area contributed by atoms with Gasteiger partial charge >= 0.3 is 0 Å². The molecular weight excluding hydrogens is 368 g/mol. The summed E-state index contributed by atoms with van der Waals surface area (Å²) in [5, 5.41) is 5.41. The van der Waals surface area contributed by atoms with Crippen LogP contribution in [0.3, 0.4) is 0 Å². The van der Waals surface area contributed by atoms with E-state index in [2.05, 4.69) is 26.2 Å². The number of carbonyl (C=O) groups excluding carboxylic acids is 1. The normalized spacial score (nSPS) is 20.3. The van der Waals surface area contributed by atoms with E-state index < -0.39 is 5.60 Å². The molecule has 0 saturated carbocycles. The van der Waals surface area contributed by atoms with E-state index >= 15 is 0 Å². The first-order chi connectivity index (χ1) is 10.4. The molecule has 1 aliphatic heterocycles. The Hall–Kier alpha value is -1.17. The molecule has 1 aromatic carbocycles. The highest BCUT2D eigenvalue weighted by Gasteiger charge is 2.40. The molecule has 0 spiro atoms. The molecule has 1 amide bonds. The third-order valence-electron chi connectivity index (χ3n) is 4.05. The van der Waals surface area contributed by atoms with Gasteiger partial charge in [-0.1, -0.05) is 11.6 Å². The van der Waals surface area contributed by atoms with Gasteiger partial charge < -0.3 is 10.1 Å². The van der Waals surface area contributed by atoms with Crippen LogP contribution in [-0.4, -0.2) is 23.1 Å². The third kappa shape index (κ3) is 2.98. The SMILES string of the molecule is CC1(C)OCCC1C(=O)Nc1cc2cc(Br)c(Cl)cc2cn1. The molecule has 1 aliphatic rings. The van der Waals surface area contributed by atoms with Gasteiger partial charge in [-0.2, -0.15) is 0 Å². The van der Waals surface area contributed by atoms with Crippen LogP contribution in [0.25, 0.3) is 10.8 Å². The van der Waals surface area contributed by atoms with Gasteiger partial charge in [0, 0.05) is 22.7 Å². The second-order valence-corrected chi connectivity index (χ2v) is 7.23. The van der Waals surface area contributed by atoms with E-state index in [1.807, 2.05) is 32.0 Å². The molecule has 0 bridgehead atoms. The van der Waals surface area contributed by atoms with Gasteiger partial charge in [-0.15, -0.1) is 0 Å². The van der Waals surface area contributed by atoms with Crippen LogP contribution in [-0.2, 0) is 9.53 Å². The number of halogens is 2. The average molecular weight is 384 g/mol. The summed E-state index contributed by atoms with van der Waals surface area (Å²) in [5.74, 6) is 0.318. The minimum absolute atomic E-state index is 0.0534. The number of anilines is 1. The van der Waals surface area contributed by atoms with Crippen molar-refractivity contribution in [1.82, 2.24) is 4.98 Å². The van der Waals surface area contributed by atoms with Crippen LogP contribution in [0.15, 0.2) is 28.9 Å². The van der Waals surface area contributed by atoms with Gasteiger partial charge in [0.25, 0.3) is 0 Å². The topological polar surface area (TPSA) is 51.2 Å². The van der Waals surface area contributed by atoms with Crippen molar-refractivity contribution in [2.24, 2.45) is 5.92 Å². The maximum atomic E-state index is 12.4. The maximum Gasteiger partial charge on any atom is 0.231 e. The highest BCUT2D eigenvalue weighted by atomic mass is 79.9. The largest absolute Gasteiger partial charge is 0.375 e. The number of carbonyl (C=O) groups is 1. The predicted molar refractivity (Wildman–Crippen MR) is 91.2 cm³/mol. The Balaban J connectivity index is 1.85. The van der Waals surface area contributed by atoms with Crippen molar-refractivity contribution >= 4 is 50.0 Å². The zero-order chi connectivity index (χ0) is 15.9. The van der Waals surface area contributed by atoms with Gasteiger partial charge in [-0.25, -0.2) is 4.98 Å². The second-order valence-electron chi connectivity index (χ2n) is 5.97. The first-order valence-corrected chi connectivity index (χ1v) is 8.23. The van der Waals surface area contributed by atoms with Crippen molar-refractivity contribution in [2.45, 2.75) is 25.9 Å². The summed E-state index contributed by atoms with van der Waals surface area (Å²) < 4.78 is 6.42. The van der Waals surface area contributed by atoms with Crippen LogP contribution in [0.4, 0.5) is 5.82 Å². The maximum absolute atomic E-state index is 12.4. The van der Waals surface area contributed by atoms with Gasteiger partial charge in [0.05, 0.1) is 16.5 Å². The summed E-state index contributed by atoms with van der Waals surface area (Å²) >= 11 is 9.48. The highest BCUT2D eigenvalue weighted by molar-refractivity contribution is 9.10. The fourth-order valence-electron chi connectivity index (χ4n) is 2.75. The van der Waals surface area contributed by atoms with Gasteiger partial charge in [0.2, 0.25) is 5.91 Å². The predicted octanol–water partition coefficient (Wildman–Crippen LogP) is 4.40. The molecule has 22 heavy (non-hydrogen) atoms. The number of hydrogen-bond donors (Lipinski definition) is 1. The molecular formula is C16H16BrClN2O2. The van der Waals surface area contributed by atoms with E-state index in [1.165, 1.54) is 0 Å². The van der Waals surface area contributed by atoms with Crippen LogP contribution in [0.5, 0.6) is 0 Å². The number of benzene rings is 1. The number of nitrogens with zero attached hydrogens (tertiary/aromatic N) is 1. The molecule has 4 nitrogen and oxygen atoms in total. The lowest BCUT2D eigenvalue weighted by atomic mass is 9.90. The van der Waals surface area contributed by atoms with Crippen LogP contribution in [0.1, 0.15) is 20.3 Å². The van der Waals surface area contributed by atoms with Gasteiger partial charge in [-0.3, -0.25) is 4.79 Å². The Morgan fingerprint density at radius 2 is 2.18 bits per heavy atom. The van der Waals surface area contributed by atoms with Crippen LogP contribution < -0.4 is 5.32 Å². The summed E-state index contributed by atoms with van der Waals surface area (Å²) in [6.07, 6.45) is 2.44. The van der Waals surface area contributed by atoms with Crippen molar-refractivity contribution < 1.29 is 9.53 Å². The van der Waals surface area contributed by atoms with E-state index in [-0.39, 0.29) is 11.8 Å². The Morgan fingerprint density at radius 3 is 2.86 bits per heavy atom. The van der Waals surface area contributed by atoms with Crippen LogP contribution in [0.2, 0.25) is 5.02 Å². The molecule has 1 aromatic heterocycles. The zero-order valence-corrected chi connectivity index (χ0v) is 14.7. The minimum atomic E-state index is -0.433. The van der Waals surface area contributed by atoms with Gasteiger partial charge in [0.15, 0.2) is 0 Å². The Bertz CT molecular complexity index is 748. The molecule has 0 aliphatic carbocycles. The summed E-state index contributed by atoms with van der Waals surface area (Å²) in [4.78, 5) is 16.7. The Labute approximate surface area is 142 Å². The molecule has 3 rings (SSSR count). The number of nitrogens with one attached hydrogen (secondary N) is 1. The summed E-state index contributed by atoms with van der Waals surface area (Å²) in [6, 6.07) is 5.60. The Kier molecular flexibility index (Phi) is 4.14. The van der Waals surface area contributed by atoms with E-state index in [0.29, 0.717) is 17.4 Å². The van der Waals surface area contributed by atoms with Crippen molar-refractivity contribution in [2.75, 3.05) is 11.9 Å². The molecule has 1 saturated heterocycles. The molecule has 2 aromatic rings. The summed E-state index contributed by atoms with van der Waals surface area (Å²) in [7, 11) is 0. The molecule has 1 fully saturated rings. The number of pyridine rings is 1. The molecule has 1 N–H and O–H groups in total. The number of fused-ring (bicyclic) bond motifs is 1. The highest BCUT2D eigenvalue weighted by Crippen LogP contribution is 2.33.